The van der Waals surface area contributed by atoms with Crippen molar-refractivity contribution >= 4 is 11.3 Å². The van der Waals surface area contributed by atoms with Crippen LogP contribution in [0, 0.1) is 13.8 Å². The molecule has 2 heterocycles. The summed E-state index contributed by atoms with van der Waals surface area (Å²) in [5.74, 6) is 0.685. The molecule has 0 amide bonds. The van der Waals surface area contributed by atoms with Crippen LogP contribution in [0.15, 0.2) is 34.9 Å². The first-order chi connectivity index (χ1) is 11.7. The fourth-order valence-electron chi connectivity index (χ4n) is 3.18. The van der Waals surface area contributed by atoms with Crippen molar-refractivity contribution in [1.82, 2.24) is 15.3 Å². The van der Waals surface area contributed by atoms with Crippen LogP contribution in [0.1, 0.15) is 45.7 Å². The fraction of sp³-hybridized carbons (Fsp3) is 0.368. The zero-order chi connectivity index (χ0) is 16.5. The molecule has 0 aliphatic heterocycles. The van der Waals surface area contributed by atoms with Gasteiger partial charge in [-0.15, -0.1) is 11.3 Å². The van der Waals surface area contributed by atoms with Gasteiger partial charge in [0.25, 0.3) is 0 Å². The Balaban J connectivity index is 1.45. The van der Waals surface area contributed by atoms with Crippen molar-refractivity contribution in [3.63, 3.8) is 0 Å². The fourth-order valence-corrected chi connectivity index (χ4v) is 4.26. The van der Waals surface area contributed by atoms with Crippen LogP contribution in [-0.2, 0) is 13.0 Å². The minimum Gasteiger partial charge on any atom is -0.444 e. The lowest BCUT2D eigenvalue weighted by atomic mass is 9.98. The third-order valence-corrected chi connectivity index (χ3v) is 5.56. The van der Waals surface area contributed by atoms with Gasteiger partial charge in [0.15, 0.2) is 0 Å². The monoisotopic (exact) mass is 339 g/mol. The predicted molar refractivity (Wildman–Crippen MR) is 96.0 cm³/mol. The van der Waals surface area contributed by atoms with Crippen LogP contribution in [0.5, 0.6) is 0 Å². The van der Waals surface area contributed by atoms with Gasteiger partial charge in [-0.2, -0.15) is 0 Å². The Morgan fingerprint density at radius 2 is 2.04 bits per heavy atom. The maximum Gasteiger partial charge on any atom is 0.226 e. The largest absolute Gasteiger partial charge is 0.444 e. The Labute approximate surface area is 146 Å². The van der Waals surface area contributed by atoms with Gasteiger partial charge in [-0.25, -0.2) is 9.97 Å². The summed E-state index contributed by atoms with van der Waals surface area (Å²) in [7, 11) is 0. The maximum absolute atomic E-state index is 5.64. The van der Waals surface area contributed by atoms with Crippen LogP contribution >= 0.6 is 11.3 Å². The van der Waals surface area contributed by atoms with E-state index in [2.05, 4.69) is 41.3 Å². The van der Waals surface area contributed by atoms with Crippen LogP contribution in [0.2, 0.25) is 0 Å². The van der Waals surface area contributed by atoms with Gasteiger partial charge in [0.05, 0.1) is 16.4 Å². The molecule has 4 rings (SSSR count). The van der Waals surface area contributed by atoms with Crippen molar-refractivity contribution < 1.29 is 4.42 Å². The molecule has 3 aromatic rings. The molecule has 1 aliphatic carbocycles. The predicted octanol–water partition coefficient (Wildman–Crippen LogP) is 4.58. The molecule has 1 N–H and O–H groups in total. The first kappa shape index (κ1) is 15.5. The van der Waals surface area contributed by atoms with E-state index in [1.807, 2.05) is 23.5 Å². The van der Waals surface area contributed by atoms with Gasteiger partial charge < -0.3 is 9.73 Å². The molecule has 2 aromatic heterocycles. The summed E-state index contributed by atoms with van der Waals surface area (Å²) >= 11 is 1.82. The SMILES string of the molecule is Cc1ccc(-c2nc(CNC3CCCc4nc(C)sc43)co2)cc1. The second kappa shape index (κ2) is 6.49. The standard InChI is InChI=1S/C19H21N3OS/c1-12-6-8-14(9-7-12)19-22-15(11-23-19)10-20-16-4-3-5-17-18(16)24-13(2)21-17/h6-9,11,16,20H,3-5,10H2,1-2H3. The van der Waals surface area contributed by atoms with E-state index in [0.29, 0.717) is 11.9 Å². The van der Waals surface area contributed by atoms with Crippen LogP contribution < -0.4 is 5.32 Å². The van der Waals surface area contributed by atoms with Gasteiger partial charge in [0.2, 0.25) is 5.89 Å². The Hall–Kier alpha value is -1.98. The molecule has 1 atom stereocenters. The van der Waals surface area contributed by atoms with Gasteiger partial charge in [-0.1, -0.05) is 17.7 Å². The van der Waals surface area contributed by atoms with Crippen molar-refractivity contribution in [3.05, 3.63) is 57.4 Å². The van der Waals surface area contributed by atoms with Crippen molar-refractivity contribution in [3.8, 4) is 11.5 Å². The molecule has 0 fully saturated rings. The summed E-state index contributed by atoms with van der Waals surface area (Å²) in [6.45, 7) is 4.89. The molecular weight excluding hydrogens is 318 g/mol. The minimum atomic E-state index is 0.388. The maximum atomic E-state index is 5.64. The van der Waals surface area contributed by atoms with Gasteiger partial charge in [0.1, 0.15) is 6.26 Å². The van der Waals surface area contributed by atoms with Crippen LogP contribution in [0.3, 0.4) is 0 Å². The lowest BCUT2D eigenvalue weighted by molar-refractivity contribution is 0.459. The third kappa shape index (κ3) is 3.14. The normalized spacial score (nSPS) is 17.0. The van der Waals surface area contributed by atoms with Crippen LogP contribution in [0.4, 0.5) is 0 Å². The molecular formula is C19H21N3OS. The molecule has 0 spiro atoms. The zero-order valence-corrected chi connectivity index (χ0v) is 14.8. The number of oxazole rings is 1. The Bertz CT molecular complexity index is 835. The molecule has 124 valence electrons. The Morgan fingerprint density at radius 1 is 1.21 bits per heavy atom. The minimum absolute atomic E-state index is 0.388. The van der Waals surface area contributed by atoms with E-state index in [1.54, 1.807) is 6.26 Å². The molecule has 0 saturated heterocycles. The summed E-state index contributed by atoms with van der Waals surface area (Å²) < 4.78 is 5.64. The van der Waals surface area contributed by atoms with Crippen molar-refractivity contribution in [2.75, 3.05) is 0 Å². The number of fused-ring (bicyclic) bond motifs is 1. The van der Waals surface area contributed by atoms with Crippen molar-refractivity contribution in [2.24, 2.45) is 0 Å². The molecule has 5 heteroatoms. The average molecular weight is 339 g/mol. The van der Waals surface area contributed by atoms with Gasteiger partial charge >= 0.3 is 0 Å². The first-order valence-electron chi connectivity index (χ1n) is 8.40. The topological polar surface area (TPSA) is 51.0 Å². The number of thiazole rings is 1. The number of aromatic nitrogens is 2. The highest BCUT2D eigenvalue weighted by Gasteiger charge is 2.23. The average Bonchev–Trinajstić information content (AvgIpc) is 3.19. The first-order valence-corrected chi connectivity index (χ1v) is 9.22. The molecule has 0 saturated carbocycles. The van der Waals surface area contributed by atoms with E-state index in [1.165, 1.54) is 22.6 Å². The number of nitrogens with one attached hydrogen (secondary N) is 1. The van der Waals surface area contributed by atoms with Crippen LogP contribution in [0.25, 0.3) is 11.5 Å². The summed E-state index contributed by atoms with van der Waals surface area (Å²) in [5.41, 5.74) is 4.48. The van der Waals surface area contributed by atoms with E-state index in [4.69, 9.17) is 4.42 Å². The summed E-state index contributed by atoms with van der Waals surface area (Å²) in [5, 5.41) is 4.79. The summed E-state index contributed by atoms with van der Waals surface area (Å²) in [4.78, 5) is 10.7. The van der Waals surface area contributed by atoms with E-state index >= 15 is 0 Å². The smallest absolute Gasteiger partial charge is 0.226 e. The molecule has 1 aromatic carbocycles. The lowest BCUT2D eigenvalue weighted by Gasteiger charge is -2.22. The molecule has 0 bridgehead atoms. The second-order valence-electron chi connectivity index (χ2n) is 6.38. The number of hydrogen-bond donors (Lipinski definition) is 1. The number of hydrogen-bond acceptors (Lipinski definition) is 5. The highest BCUT2D eigenvalue weighted by atomic mass is 32.1. The zero-order valence-electron chi connectivity index (χ0n) is 14.0. The van der Waals surface area contributed by atoms with E-state index in [0.717, 1.165) is 35.7 Å². The third-order valence-electron chi connectivity index (χ3n) is 4.44. The Morgan fingerprint density at radius 3 is 2.88 bits per heavy atom. The molecule has 4 nitrogen and oxygen atoms in total. The van der Waals surface area contributed by atoms with E-state index in [9.17, 15) is 0 Å². The van der Waals surface area contributed by atoms with Crippen LogP contribution in [-0.4, -0.2) is 9.97 Å². The summed E-state index contributed by atoms with van der Waals surface area (Å²) in [6.07, 6.45) is 5.22. The highest BCUT2D eigenvalue weighted by molar-refractivity contribution is 7.11. The van der Waals surface area contributed by atoms with Gasteiger partial charge in [-0.3, -0.25) is 0 Å². The quantitative estimate of drug-likeness (QED) is 0.756. The van der Waals surface area contributed by atoms with E-state index < -0.39 is 0 Å². The lowest BCUT2D eigenvalue weighted by Crippen LogP contribution is -2.23. The molecule has 24 heavy (non-hydrogen) atoms. The highest BCUT2D eigenvalue weighted by Crippen LogP contribution is 2.34. The number of nitrogens with zero attached hydrogens (tertiary/aromatic N) is 2. The second-order valence-corrected chi connectivity index (χ2v) is 7.61. The molecule has 1 unspecified atom stereocenters. The van der Waals surface area contributed by atoms with Crippen molar-refractivity contribution in [2.45, 2.75) is 45.7 Å². The van der Waals surface area contributed by atoms with Gasteiger partial charge in [-0.05, 0) is 45.2 Å². The van der Waals surface area contributed by atoms with Gasteiger partial charge in [0, 0.05) is 23.0 Å². The molecule has 1 aliphatic rings. The van der Waals surface area contributed by atoms with Crippen molar-refractivity contribution in [1.29, 1.82) is 0 Å². The summed E-state index contributed by atoms with van der Waals surface area (Å²) in [6, 6.07) is 8.64. The number of rotatable bonds is 4. The number of aryl methyl sites for hydroxylation is 3. The number of benzene rings is 1. The Kier molecular flexibility index (Phi) is 4.21. The molecule has 0 radical (unpaired) electrons. The van der Waals surface area contributed by atoms with E-state index in [-0.39, 0.29) is 0 Å².